The van der Waals surface area contributed by atoms with E-state index in [-0.39, 0.29) is 0 Å². The summed E-state index contributed by atoms with van der Waals surface area (Å²) in [5.41, 5.74) is 3.38. The zero-order valence-corrected chi connectivity index (χ0v) is 15.0. The molecule has 0 radical (unpaired) electrons. The number of hydrogen-bond acceptors (Lipinski definition) is 3. The molecule has 126 valence electrons. The molecule has 0 N–H and O–H groups in total. The molecule has 0 saturated carbocycles. The average molecular weight is 370 g/mol. The van der Waals surface area contributed by atoms with Gasteiger partial charge in [-0.2, -0.15) is 0 Å². The van der Waals surface area contributed by atoms with Crippen LogP contribution in [-0.2, 0) is 0 Å². The molecule has 3 nitrogen and oxygen atoms in total. The van der Waals surface area contributed by atoms with E-state index in [1.165, 1.54) is 5.69 Å². The molecule has 0 atom stereocenters. The van der Waals surface area contributed by atoms with E-state index >= 15 is 0 Å². The van der Waals surface area contributed by atoms with E-state index < -0.39 is 0 Å². The summed E-state index contributed by atoms with van der Waals surface area (Å²) in [4.78, 5) is 2.32. The lowest BCUT2D eigenvalue weighted by atomic mass is 10.3. The summed E-state index contributed by atoms with van der Waals surface area (Å²) in [5, 5.41) is 5.96. The highest BCUT2D eigenvalue weighted by Crippen LogP contribution is 2.31. The van der Waals surface area contributed by atoms with Crippen molar-refractivity contribution in [2.24, 2.45) is 0 Å². The topological polar surface area (TPSA) is 9.72 Å². The number of para-hydroxylation sites is 1. The Labute approximate surface area is 157 Å². The highest BCUT2D eigenvalue weighted by molar-refractivity contribution is 6.30. The minimum absolute atomic E-state index is 0.737. The predicted molar refractivity (Wildman–Crippen MR) is 107 cm³/mol. The summed E-state index contributed by atoms with van der Waals surface area (Å²) >= 11 is 12.1. The molecule has 4 rings (SSSR count). The summed E-state index contributed by atoms with van der Waals surface area (Å²) in [5.74, 6) is 0. The Kier molecular flexibility index (Phi) is 4.43. The van der Waals surface area contributed by atoms with Crippen LogP contribution in [0.3, 0.4) is 0 Å². The highest BCUT2D eigenvalue weighted by atomic mass is 35.5. The Morgan fingerprint density at radius 2 is 0.960 bits per heavy atom. The van der Waals surface area contributed by atoms with E-state index in [0.717, 1.165) is 34.8 Å². The Morgan fingerprint density at radius 3 is 1.40 bits per heavy atom. The fourth-order valence-corrected chi connectivity index (χ4v) is 3.24. The van der Waals surface area contributed by atoms with Crippen molar-refractivity contribution in [3.63, 3.8) is 0 Å². The second-order valence-corrected chi connectivity index (χ2v) is 6.78. The van der Waals surface area contributed by atoms with E-state index in [0.29, 0.717) is 0 Å². The van der Waals surface area contributed by atoms with Gasteiger partial charge in [0.15, 0.2) is 0 Å². The number of benzene rings is 3. The van der Waals surface area contributed by atoms with Crippen molar-refractivity contribution in [1.29, 1.82) is 0 Å². The normalized spacial score (nSPS) is 14.2. The number of hydrazine groups is 1. The SMILES string of the molecule is Clc1ccc(N2CN(c3ccccc3)CN2c2ccc(Cl)cc2)cc1. The average Bonchev–Trinajstić information content (AvgIpc) is 3.09. The number of rotatable bonds is 3. The van der Waals surface area contributed by atoms with Crippen LogP contribution in [0.2, 0.25) is 10.0 Å². The third-order valence-corrected chi connectivity index (χ3v) is 4.78. The molecule has 25 heavy (non-hydrogen) atoms. The summed E-state index contributed by atoms with van der Waals surface area (Å²) in [6.45, 7) is 1.52. The lowest BCUT2D eigenvalue weighted by Gasteiger charge is -2.29. The van der Waals surface area contributed by atoms with E-state index in [9.17, 15) is 0 Å². The van der Waals surface area contributed by atoms with Gasteiger partial charge in [-0.1, -0.05) is 41.4 Å². The molecule has 0 bridgehead atoms. The van der Waals surface area contributed by atoms with Crippen LogP contribution in [0.5, 0.6) is 0 Å². The number of nitrogens with zero attached hydrogens (tertiary/aromatic N) is 3. The van der Waals surface area contributed by atoms with E-state index in [1.54, 1.807) is 0 Å². The van der Waals surface area contributed by atoms with Crippen molar-refractivity contribution in [3.8, 4) is 0 Å². The van der Waals surface area contributed by atoms with E-state index in [4.69, 9.17) is 23.2 Å². The van der Waals surface area contributed by atoms with E-state index in [2.05, 4.69) is 39.2 Å². The summed E-state index contributed by atoms with van der Waals surface area (Å²) in [6.07, 6.45) is 0. The Balaban J connectivity index is 1.70. The van der Waals surface area contributed by atoms with Gasteiger partial charge in [0.2, 0.25) is 0 Å². The van der Waals surface area contributed by atoms with Gasteiger partial charge in [-0.3, -0.25) is 10.0 Å². The third-order valence-electron chi connectivity index (χ3n) is 4.27. The van der Waals surface area contributed by atoms with Crippen molar-refractivity contribution < 1.29 is 0 Å². The first-order valence-electron chi connectivity index (χ1n) is 8.07. The zero-order valence-electron chi connectivity index (χ0n) is 13.5. The largest absolute Gasteiger partial charge is 0.332 e. The fourth-order valence-electron chi connectivity index (χ4n) is 2.99. The molecule has 0 aromatic heterocycles. The molecular weight excluding hydrogens is 353 g/mol. The molecule has 1 aliphatic rings. The molecule has 3 aromatic carbocycles. The van der Waals surface area contributed by atoms with Crippen LogP contribution in [-0.4, -0.2) is 13.3 Å². The lowest BCUT2D eigenvalue weighted by molar-refractivity contribution is 0.891. The fraction of sp³-hybridized carbons (Fsp3) is 0.100. The van der Waals surface area contributed by atoms with Crippen LogP contribution < -0.4 is 14.9 Å². The zero-order chi connectivity index (χ0) is 17.2. The molecular formula is C20H17Cl2N3. The molecule has 0 amide bonds. The molecule has 0 unspecified atom stereocenters. The van der Waals surface area contributed by atoms with Crippen molar-refractivity contribution in [2.45, 2.75) is 0 Å². The number of hydrogen-bond donors (Lipinski definition) is 0. The molecule has 1 aliphatic heterocycles. The smallest absolute Gasteiger partial charge is 0.112 e. The van der Waals surface area contributed by atoms with Crippen LogP contribution in [0.15, 0.2) is 78.9 Å². The van der Waals surface area contributed by atoms with Gasteiger partial charge in [0.25, 0.3) is 0 Å². The Bertz CT molecular complexity index is 782. The van der Waals surface area contributed by atoms with Gasteiger partial charge in [-0.05, 0) is 60.7 Å². The number of anilines is 3. The lowest BCUT2D eigenvalue weighted by Crippen LogP contribution is -2.36. The molecule has 0 spiro atoms. The van der Waals surface area contributed by atoms with E-state index in [1.807, 2.05) is 54.6 Å². The first kappa shape index (κ1) is 16.1. The van der Waals surface area contributed by atoms with Gasteiger partial charge < -0.3 is 4.90 Å². The van der Waals surface area contributed by atoms with Gasteiger partial charge >= 0.3 is 0 Å². The third kappa shape index (κ3) is 3.39. The van der Waals surface area contributed by atoms with Crippen LogP contribution in [0, 0.1) is 0 Å². The standard InChI is InChI=1S/C20H17Cl2N3/c21-16-6-10-19(11-7-16)24-14-23(18-4-2-1-3-5-18)15-25(24)20-12-8-17(22)9-13-20/h1-13H,14-15H2. The van der Waals surface area contributed by atoms with Gasteiger partial charge in [0.05, 0.1) is 11.4 Å². The summed E-state index contributed by atoms with van der Waals surface area (Å²) < 4.78 is 0. The second-order valence-electron chi connectivity index (χ2n) is 5.91. The second kappa shape index (κ2) is 6.87. The maximum absolute atomic E-state index is 6.06. The van der Waals surface area contributed by atoms with Crippen LogP contribution >= 0.6 is 23.2 Å². The monoisotopic (exact) mass is 369 g/mol. The van der Waals surface area contributed by atoms with Crippen molar-refractivity contribution in [3.05, 3.63) is 88.9 Å². The van der Waals surface area contributed by atoms with Gasteiger partial charge in [-0.15, -0.1) is 0 Å². The quantitative estimate of drug-likeness (QED) is 0.589. The first-order chi connectivity index (χ1) is 12.2. The Hall–Kier alpha value is -2.36. The predicted octanol–water partition coefficient (Wildman–Crippen LogP) is 5.66. The maximum atomic E-state index is 6.06. The first-order valence-corrected chi connectivity index (χ1v) is 8.82. The molecule has 1 heterocycles. The van der Waals surface area contributed by atoms with Gasteiger partial charge in [0.1, 0.15) is 13.3 Å². The summed E-state index contributed by atoms with van der Waals surface area (Å²) in [7, 11) is 0. The van der Waals surface area contributed by atoms with Crippen LogP contribution in [0.4, 0.5) is 17.1 Å². The maximum Gasteiger partial charge on any atom is 0.112 e. The molecule has 1 fully saturated rings. The minimum atomic E-state index is 0.737. The highest BCUT2D eigenvalue weighted by Gasteiger charge is 2.29. The van der Waals surface area contributed by atoms with Crippen molar-refractivity contribution >= 4 is 40.3 Å². The van der Waals surface area contributed by atoms with Crippen molar-refractivity contribution in [1.82, 2.24) is 0 Å². The molecule has 5 heteroatoms. The van der Waals surface area contributed by atoms with Gasteiger partial charge in [-0.25, -0.2) is 0 Å². The minimum Gasteiger partial charge on any atom is -0.332 e. The molecule has 3 aromatic rings. The van der Waals surface area contributed by atoms with Crippen LogP contribution in [0.25, 0.3) is 0 Å². The summed E-state index contributed by atoms with van der Waals surface area (Å²) in [6, 6.07) is 26.3. The van der Waals surface area contributed by atoms with Crippen molar-refractivity contribution in [2.75, 3.05) is 28.3 Å². The molecule has 1 saturated heterocycles. The molecule has 0 aliphatic carbocycles. The Morgan fingerprint density at radius 1 is 0.520 bits per heavy atom. The number of halogens is 2. The van der Waals surface area contributed by atoms with Gasteiger partial charge in [0, 0.05) is 15.7 Å². The van der Waals surface area contributed by atoms with Crippen LogP contribution in [0.1, 0.15) is 0 Å².